The van der Waals surface area contributed by atoms with Gasteiger partial charge in [-0.2, -0.15) is 0 Å². The third-order valence-corrected chi connectivity index (χ3v) is 1.28. The molecule has 1 aliphatic rings. The zero-order valence-corrected chi connectivity index (χ0v) is 5.85. The molecule has 0 atom stereocenters. The van der Waals surface area contributed by atoms with Gasteiger partial charge in [0.25, 0.3) is 5.24 Å². The molecule has 1 rings (SSSR count). The number of aliphatic imine (C=N–C) groups is 1. The molecule has 0 saturated carbocycles. The Morgan fingerprint density at radius 2 is 2.40 bits per heavy atom. The summed E-state index contributed by atoms with van der Waals surface area (Å²) in [4.78, 5) is 14.1. The zero-order valence-electron chi connectivity index (χ0n) is 5.10. The van der Waals surface area contributed by atoms with Gasteiger partial charge in [-0.05, 0) is 17.7 Å². The number of hydrogen-bond acceptors (Lipinski definition) is 3. The molecule has 0 bridgehead atoms. The normalized spacial score (nSPS) is 16.7. The van der Waals surface area contributed by atoms with E-state index in [1.165, 1.54) is 6.08 Å². The molecule has 0 fully saturated rings. The highest BCUT2D eigenvalue weighted by molar-refractivity contribution is 6.67. The monoisotopic (exact) mass is 156 g/mol. The molecular formula is C6H5ClN2O. The van der Waals surface area contributed by atoms with Gasteiger partial charge in [-0.1, -0.05) is 6.58 Å². The molecule has 2 N–H and O–H groups in total. The van der Waals surface area contributed by atoms with Crippen LogP contribution in [0.2, 0.25) is 0 Å². The standard InChI is InChI=1S/C6H5ClN2O/c1-3-2-4(5(7)10)9-6(3)8/h2H,1H2,(H2,8,9). The topological polar surface area (TPSA) is 55.5 Å². The molecule has 0 unspecified atom stereocenters. The first-order valence-corrected chi connectivity index (χ1v) is 2.94. The van der Waals surface area contributed by atoms with Crippen LogP contribution in [0, 0.1) is 0 Å². The highest BCUT2D eigenvalue weighted by Gasteiger charge is 2.13. The summed E-state index contributed by atoms with van der Waals surface area (Å²) in [5.41, 5.74) is 5.98. The van der Waals surface area contributed by atoms with Crippen molar-refractivity contribution in [3.8, 4) is 0 Å². The van der Waals surface area contributed by atoms with E-state index in [-0.39, 0.29) is 11.5 Å². The van der Waals surface area contributed by atoms with Crippen molar-refractivity contribution in [3.05, 3.63) is 23.9 Å². The largest absolute Gasteiger partial charge is 0.383 e. The van der Waals surface area contributed by atoms with Gasteiger partial charge >= 0.3 is 0 Å². The fourth-order valence-electron chi connectivity index (χ4n) is 0.574. The number of hydrogen-bond donors (Lipinski definition) is 1. The molecule has 0 radical (unpaired) electrons. The fraction of sp³-hybridized carbons (Fsp3) is 0. The summed E-state index contributed by atoms with van der Waals surface area (Å²) in [6, 6.07) is 0. The lowest BCUT2D eigenvalue weighted by Gasteiger charge is -1.85. The van der Waals surface area contributed by atoms with E-state index in [2.05, 4.69) is 11.6 Å². The van der Waals surface area contributed by atoms with Gasteiger partial charge in [-0.3, -0.25) is 4.79 Å². The van der Waals surface area contributed by atoms with Crippen LogP contribution in [0.1, 0.15) is 0 Å². The Kier molecular flexibility index (Phi) is 1.59. The van der Waals surface area contributed by atoms with Crippen LogP contribution in [0.5, 0.6) is 0 Å². The number of nitrogens with zero attached hydrogens (tertiary/aromatic N) is 1. The van der Waals surface area contributed by atoms with Crippen molar-refractivity contribution in [1.82, 2.24) is 0 Å². The molecular weight excluding hydrogens is 152 g/mol. The van der Waals surface area contributed by atoms with E-state index >= 15 is 0 Å². The van der Waals surface area contributed by atoms with Crippen molar-refractivity contribution >= 4 is 22.7 Å². The highest BCUT2D eigenvalue weighted by atomic mass is 35.5. The third kappa shape index (κ3) is 1.09. The molecule has 1 heterocycles. The molecule has 4 heteroatoms. The van der Waals surface area contributed by atoms with Gasteiger partial charge in [-0.25, -0.2) is 4.99 Å². The Bertz CT molecular complexity index is 255. The van der Waals surface area contributed by atoms with E-state index in [0.717, 1.165) is 0 Å². The number of allylic oxidation sites excluding steroid dienone is 1. The van der Waals surface area contributed by atoms with Crippen molar-refractivity contribution in [2.75, 3.05) is 0 Å². The Balaban J connectivity index is 2.96. The van der Waals surface area contributed by atoms with E-state index in [4.69, 9.17) is 17.3 Å². The maximum Gasteiger partial charge on any atom is 0.270 e. The molecule has 0 amide bonds. The Morgan fingerprint density at radius 3 is 2.60 bits per heavy atom. The number of carbonyl (C=O) groups is 1. The van der Waals surface area contributed by atoms with E-state index in [9.17, 15) is 4.79 Å². The lowest BCUT2D eigenvalue weighted by molar-refractivity contribution is -0.108. The number of amidine groups is 1. The van der Waals surface area contributed by atoms with Crippen molar-refractivity contribution in [1.29, 1.82) is 0 Å². The minimum atomic E-state index is -0.610. The predicted molar refractivity (Wildman–Crippen MR) is 39.7 cm³/mol. The van der Waals surface area contributed by atoms with E-state index in [1.807, 2.05) is 0 Å². The number of halogens is 1. The molecule has 1 aliphatic heterocycles. The average molecular weight is 157 g/mol. The van der Waals surface area contributed by atoms with E-state index < -0.39 is 5.24 Å². The molecule has 0 aromatic heterocycles. The van der Waals surface area contributed by atoms with Crippen LogP contribution >= 0.6 is 11.6 Å². The summed E-state index contributed by atoms with van der Waals surface area (Å²) < 4.78 is 0. The van der Waals surface area contributed by atoms with Crippen LogP contribution < -0.4 is 5.73 Å². The first kappa shape index (κ1) is 7.02. The minimum absolute atomic E-state index is 0.157. The number of nitrogens with two attached hydrogens (primary N) is 1. The first-order chi connectivity index (χ1) is 4.61. The first-order valence-electron chi connectivity index (χ1n) is 2.56. The molecule has 0 aromatic carbocycles. The summed E-state index contributed by atoms with van der Waals surface area (Å²) in [6.07, 6.45) is 1.45. The summed E-state index contributed by atoms with van der Waals surface area (Å²) in [7, 11) is 0. The van der Waals surface area contributed by atoms with Crippen molar-refractivity contribution in [2.45, 2.75) is 0 Å². The zero-order chi connectivity index (χ0) is 7.72. The van der Waals surface area contributed by atoms with Crippen LogP contribution in [0.3, 0.4) is 0 Å². The van der Waals surface area contributed by atoms with Crippen molar-refractivity contribution in [3.63, 3.8) is 0 Å². The summed E-state index contributed by atoms with van der Waals surface area (Å²) in [5.74, 6) is 0.254. The lowest BCUT2D eigenvalue weighted by atomic mass is 10.3. The number of carbonyl (C=O) groups excluding carboxylic acids is 1. The van der Waals surface area contributed by atoms with Gasteiger partial charge < -0.3 is 5.73 Å². The Morgan fingerprint density at radius 1 is 1.80 bits per heavy atom. The lowest BCUT2D eigenvalue weighted by Crippen LogP contribution is -2.09. The second kappa shape index (κ2) is 2.27. The highest BCUT2D eigenvalue weighted by Crippen LogP contribution is 2.13. The Hall–Kier alpha value is -1.09. The van der Waals surface area contributed by atoms with Gasteiger partial charge in [0.1, 0.15) is 11.5 Å². The van der Waals surface area contributed by atoms with Crippen molar-refractivity contribution in [2.24, 2.45) is 10.7 Å². The molecule has 0 saturated heterocycles. The maximum absolute atomic E-state index is 10.4. The smallest absolute Gasteiger partial charge is 0.270 e. The molecule has 3 nitrogen and oxygen atoms in total. The maximum atomic E-state index is 10.4. The van der Waals surface area contributed by atoms with Crippen molar-refractivity contribution < 1.29 is 4.79 Å². The van der Waals surface area contributed by atoms with Gasteiger partial charge in [-0.15, -0.1) is 0 Å². The summed E-state index contributed by atoms with van der Waals surface area (Å²) in [5, 5.41) is -0.610. The third-order valence-electron chi connectivity index (χ3n) is 1.08. The quantitative estimate of drug-likeness (QED) is 0.564. The molecule has 0 spiro atoms. The predicted octanol–water partition coefficient (Wildman–Crippen LogP) is 0.563. The van der Waals surface area contributed by atoms with Gasteiger partial charge in [0.15, 0.2) is 0 Å². The van der Waals surface area contributed by atoms with Crippen LogP contribution in [-0.2, 0) is 4.79 Å². The molecule has 52 valence electrons. The molecule has 10 heavy (non-hydrogen) atoms. The van der Waals surface area contributed by atoms with E-state index in [0.29, 0.717) is 5.57 Å². The van der Waals surface area contributed by atoms with E-state index in [1.54, 1.807) is 0 Å². The van der Waals surface area contributed by atoms with Gasteiger partial charge in [0.2, 0.25) is 0 Å². The van der Waals surface area contributed by atoms with Crippen LogP contribution in [0.4, 0.5) is 0 Å². The second-order valence-electron chi connectivity index (χ2n) is 1.83. The summed E-state index contributed by atoms with van der Waals surface area (Å²) in [6.45, 7) is 3.52. The van der Waals surface area contributed by atoms with Gasteiger partial charge in [0.05, 0.1) is 0 Å². The molecule has 0 aliphatic carbocycles. The SMILES string of the molecule is C=C1C=C(C(=O)Cl)N=C1N. The van der Waals surface area contributed by atoms with Crippen LogP contribution in [-0.4, -0.2) is 11.1 Å². The van der Waals surface area contributed by atoms with Crippen LogP contribution in [0.15, 0.2) is 28.9 Å². The number of rotatable bonds is 1. The minimum Gasteiger partial charge on any atom is -0.383 e. The average Bonchev–Trinajstić information content (AvgIpc) is 2.13. The fourth-order valence-corrected chi connectivity index (χ4v) is 0.670. The Labute approximate surface area is 62.9 Å². The van der Waals surface area contributed by atoms with Gasteiger partial charge in [0, 0.05) is 5.57 Å². The molecule has 0 aromatic rings. The summed E-state index contributed by atoms with van der Waals surface area (Å²) >= 11 is 5.10. The van der Waals surface area contributed by atoms with Crippen LogP contribution in [0.25, 0.3) is 0 Å². The second-order valence-corrected chi connectivity index (χ2v) is 2.17.